The van der Waals surface area contributed by atoms with Crippen LogP contribution in [0.25, 0.3) is 0 Å². The smallest absolute Gasteiger partial charge is 0.247 e. The molecular weight excluding hydrogens is 230 g/mol. The third-order valence-electron chi connectivity index (χ3n) is 3.88. The molecule has 1 heterocycles. The van der Waals surface area contributed by atoms with Crippen LogP contribution in [0, 0.1) is 5.92 Å². The largest absolute Gasteiger partial charge is 0.342 e. The molecule has 1 rings (SSSR count). The SMILES string of the molecule is CCC(CN)CC(=O)N1CCN(C)C(=O)C1(C)C. The Morgan fingerprint density at radius 3 is 2.56 bits per heavy atom. The van der Waals surface area contributed by atoms with Crippen LogP contribution in [0.4, 0.5) is 0 Å². The van der Waals surface area contributed by atoms with Gasteiger partial charge in [0, 0.05) is 26.6 Å². The topological polar surface area (TPSA) is 66.6 Å². The van der Waals surface area contributed by atoms with Crippen LogP contribution >= 0.6 is 0 Å². The van der Waals surface area contributed by atoms with Crippen LogP contribution in [-0.2, 0) is 9.59 Å². The molecule has 2 N–H and O–H groups in total. The maximum Gasteiger partial charge on any atom is 0.247 e. The van der Waals surface area contributed by atoms with E-state index in [1.165, 1.54) is 0 Å². The summed E-state index contributed by atoms with van der Waals surface area (Å²) in [7, 11) is 1.78. The molecular formula is C13H25N3O2. The minimum Gasteiger partial charge on any atom is -0.342 e. The van der Waals surface area contributed by atoms with Crippen molar-refractivity contribution < 1.29 is 9.59 Å². The Hall–Kier alpha value is -1.10. The molecule has 18 heavy (non-hydrogen) atoms. The molecule has 0 saturated carbocycles. The van der Waals surface area contributed by atoms with E-state index in [9.17, 15) is 9.59 Å². The molecule has 1 aliphatic rings. The van der Waals surface area contributed by atoms with E-state index < -0.39 is 5.54 Å². The number of carbonyl (C=O) groups is 2. The van der Waals surface area contributed by atoms with Gasteiger partial charge < -0.3 is 15.5 Å². The van der Waals surface area contributed by atoms with Crippen molar-refractivity contribution in [3.05, 3.63) is 0 Å². The van der Waals surface area contributed by atoms with Crippen LogP contribution in [0.15, 0.2) is 0 Å². The van der Waals surface area contributed by atoms with Gasteiger partial charge in [0.05, 0.1) is 0 Å². The van der Waals surface area contributed by atoms with Crippen LogP contribution in [-0.4, -0.2) is 53.8 Å². The first-order chi connectivity index (χ1) is 8.34. The van der Waals surface area contributed by atoms with Crippen LogP contribution in [0.5, 0.6) is 0 Å². The minimum atomic E-state index is -0.739. The maximum absolute atomic E-state index is 12.3. The Morgan fingerprint density at radius 2 is 2.06 bits per heavy atom. The number of rotatable bonds is 4. The molecule has 1 saturated heterocycles. The molecule has 0 aromatic carbocycles. The minimum absolute atomic E-state index is 0.00268. The van der Waals surface area contributed by atoms with Crippen molar-refractivity contribution in [2.24, 2.45) is 11.7 Å². The average Bonchev–Trinajstić information content (AvgIpc) is 2.32. The van der Waals surface area contributed by atoms with E-state index in [4.69, 9.17) is 5.73 Å². The lowest BCUT2D eigenvalue weighted by atomic mass is 9.95. The Kier molecular flexibility index (Phi) is 4.73. The number of nitrogens with two attached hydrogens (primary N) is 1. The molecule has 5 heteroatoms. The second-order valence-corrected chi connectivity index (χ2v) is 5.55. The molecule has 0 bridgehead atoms. The third kappa shape index (κ3) is 2.83. The summed E-state index contributed by atoms with van der Waals surface area (Å²) < 4.78 is 0. The van der Waals surface area contributed by atoms with E-state index in [0.29, 0.717) is 26.1 Å². The summed E-state index contributed by atoms with van der Waals surface area (Å²) in [5.74, 6) is 0.254. The van der Waals surface area contributed by atoms with Crippen LogP contribution in [0.2, 0.25) is 0 Å². The van der Waals surface area contributed by atoms with Crippen molar-refractivity contribution in [3.8, 4) is 0 Å². The van der Waals surface area contributed by atoms with Gasteiger partial charge in [-0.3, -0.25) is 9.59 Å². The molecule has 0 aromatic heterocycles. The van der Waals surface area contributed by atoms with E-state index in [2.05, 4.69) is 0 Å². The quantitative estimate of drug-likeness (QED) is 0.792. The van der Waals surface area contributed by atoms with Crippen LogP contribution in [0.3, 0.4) is 0 Å². The number of likely N-dealkylation sites (N-methyl/N-ethyl adjacent to an activating group) is 1. The fourth-order valence-corrected chi connectivity index (χ4v) is 2.40. The Morgan fingerprint density at radius 1 is 1.44 bits per heavy atom. The van der Waals surface area contributed by atoms with Crippen molar-refractivity contribution in [2.45, 2.75) is 39.2 Å². The van der Waals surface area contributed by atoms with Gasteiger partial charge in [-0.05, 0) is 26.3 Å². The van der Waals surface area contributed by atoms with Crippen molar-refractivity contribution in [1.82, 2.24) is 9.80 Å². The van der Waals surface area contributed by atoms with E-state index in [1.54, 1.807) is 16.8 Å². The molecule has 0 aliphatic carbocycles. The standard InChI is InChI=1S/C13H25N3O2/c1-5-10(9-14)8-11(17)16-7-6-15(4)12(18)13(16,2)3/h10H,5-9,14H2,1-4H3. The Balaban J connectivity index is 2.76. The van der Waals surface area contributed by atoms with Gasteiger partial charge in [0.15, 0.2) is 0 Å². The molecule has 104 valence electrons. The monoisotopic (exact) mass is 255 g/mol. The predicted molar refractivity (Wildman–Crippen MR) is 70.9 cm³/mol. The molecule has 5 nitrogen and oxygen atoms in total. The van der Waals surface area contributed by atoms with Gasteiger partial charge in [0.25, 0.3) is 0 Å². The summed E-state index contributed by atoms with van der Waals surface area (Å²) in [6.45, 7) is 7.39. The summed E-state index contributed by atoms with van der Waals surface area (Å²) in [5.41, 5.74) is 4.89. The lowest BCUT2D eigenvalue weighted by Gasteiger charge is -2.45. The summed E-state index contributed by atoms with van der Waals surface area (Å²) in [6, 6.07) is 0. The zero-order chi connectivity index (χ0) is 13.9. The lowest BCUT2D eigenvalue weighted by molar-refractivity contribution is -0.157. The molecule has 2 amide bonds. The highest BCUT2D eigenvalue weighted by atomic mass is 16.2. The first-order valence-corrected chi connectivity index (χ1v) is 6.60. The Bertz CT molecular complexity index is 324. The van der Waals surface area contributed by atoms with Gasteiger partial charge in [-0.2, -0.15) is 0 Å². The first-order valence-electron chi connectivity index (χ1n) is 6.60. The fraction of sp³-hybridized carbons (Fsp3) is 0.846. The van der Waals surface area contributed by atoms with Gasteiger partial charge in [0.2, 0.25) is 11.8 Å². The van der Waals surface area contributed by atoms with Gasteiger partial charge in [-0.25, -0.2) is 0 Å². The van der Waals surface area contributed by atoms with Crippen LogP contribution in [0.1, 0.15) is 33.6 Å². The number of nitrogens with zero attached hydrogens (tertiary/aromatic N) is 2. The average molecular weight is 255 g/mol. The number of hydrogen-bond acceptors (Lipinski definition) is 3. The molecule has 0 spiro atoms. The summed E-state index contributed by atoms with van der Waals surface area (Å²) in [5, 5.41) is 0. The van der Waals surface area contributed by atoms with Crippen molar-refractivity contribution in [2.75, 3.05) is 26.7 Å². The molecule has 0 radical (unpaired) electrons. The second-order valence-electron chi connectivity index (χ2n) is 5.55. The molecule has 1 unspecified atom stereocenters. The van der Waals surface area contributed by atoms with Gasteiger partial charge >= 0.3 is 0 Å². The van der Waals surface area contributed by atoms with E-state index in [1.807, 2.05) is 20.8 Å². The third-order valence-corrected chi connectivity index (χ3v) is 3.88. The molecule has 1 aliphatic heterocycles. The van der Waals surface area contributed by atoms with E-state index in [0.717, 1.165) is 6.42 Å². The first kappa shape index (κ1) is 15.0. The van der Waals surface area contributed by atoms with Gasteiger partial charge in [0.1, 0.15) is 5.54 Å². The number of amides is 2. The molecule has 0 aromatic rings. The highest BCUT2D eigenvalue weighted by Crippen LogP contribution is 2.23. The zero-order valence-electron chi connectivity index (χ0n) is 11.9. The number of piperazine rings is 1. The molecule has 1 atom stereocenters. The maximum atomic E-state index is 12.3. The van der Waals surface area contributed by atoms with Crippen LogP contribution < -0.4 is 5.73 Å². The van der Waals surface area contributed by atoms with E-state index in [-0.39, 0.29) is 17.7 Å². The van der Waals surface area contributed by atoms with Gasteiger partial charge in [-0.15, -0.1) is 0 Å². The van der Waals surface area contributed by atoms with Gasteiger partial charge in [-0.1, -0.05) is 13.3 Å². The predicted octanol–water partition coefficient (Wildman–Crippen LogP) is 0.441. The summed E-state index contributed by atoms with van der Waals surface area (Å²) in [6.07, 6.45) is 1.33. The highest BCUT2D eigenvalue weighted by Gasteiger charge is 2.42. The fourth-order valence-electron chi connectivity index (χ4n) is 2.40. The normalized spacial score (nSPS) is 21.1. The lowest BCUT2D eigenvalue weighted by Crippen LogP contribution is -2.63. The van der Waals surface area contributed by atoms with Crippen molar-refractivity contribution in [3.63, 3.8) is 0 Å². The number of carbonyl (C=O) groups excluding carboxylic acids is 2. The highest BCUT2D eigenvalue weighted by molar-refractivity contribution is 5.91. The number of hydrogen-bond donors (Lipinski definition) is 1. The summed E-state index contributed by atoms with van der Waals surface area (Å²) >= 11 is 0. The van der Waals surface area contributed by atoms with Crippen molar-refractivity contribution >= 4 is 11.8 Å². The molecule has 1 fully saturated rings. The Labute approximate surface area is 109 Å². The summed E-state index contributed by atoms with van der Waals surface area (Å²) in [4.78, 5) is 27.8. The zero-order valence-corrected chi connectivity index (χ0v) is 11.9. The van der Waals surface area contributed by atoms with Crippen molar-refractivity contribution in [1.29, 1.82) is 0 Å². The second kappa shape index (κ2) is 5.69. The van der Waals surface area contributed by atoms with E-state index >= 15 is 0 Å².